The van der Waals surface area contributed by atoms with Gasteiger partial charge in [-0.25, -0.2) is 4.79 Å². The molecule has 1 spiro atoms. The Morgan fingerprint density at radius 2 is 1.78 bits per heavy atom. The van der Waals surface area contributed by atoms with Crippen molar-refractivity contribution in [3.8, 4) is 5.75 Å². The second-order valence-electron chi connectivity index (χ2n) is 6.14. The number of esters is 1. The Morgan fingerprint density at radius 3 is 2.39 bits per heavy atom. The van der Waals surface area contributed by atoms with Crippen molar-refractivity contribution in [2.45, 2.75) is 37.6 Å². The quantitative estimate of drug-likeness (QED) is 0.795. The van der Waals surface area contributed by atoms with E-state index in [1.165, 1.54) is 26.4 Å². The highest BCUT2D eigenvalue weighted by Crippen LogP contribution is 2.41. The molecule has 1 saturated carbocycles. The Kier molecular flexibility index (Phi) is 4.42. The van der Waals surface area contributed by atoms with Crippen LogP contribution in [-0.4, -0.2) is 25.7 Å². The Morgan fingerprint density at radius 1 is 1.09 bits per heavy atom. The predicted molar refractivity (Wildman–Crippen MR) is 90.5 cm³/mol. The summed E-state index contributed by atoms with van der Waals surface area (Å²) in [6.07, 6.45) is 11.9. The minimum Gasteiger partial charge on any atom is -0.497 e. The van der Waals surface area contributed by atoms with Gasteiger partial charge in [-0.3, -0.25) is 0 Å². The topological polar surface area (TPSA) is 38.8 Å². The number of hydrogen-bond donors (Lipinski definition) is 0. The Bertz CT molecular complexity index is 625. The minimum absolute atomic E-state index is 0.0373. The number of rotatable bonds is 3. The highest BCUT2D eigenvalue weighted by atomic mass is 16.5. The van der Waals surface area contributed by atoms with E-state index in [9.17, 15) is 4.79 Å². The summed E-state index contributed by atoms with van der Waals surface area (Å²) in [6, 6.07) is 7.99. The SMILES string of the molecule is COC(=O)C1=CN(c2ccc(OC)cc2)C2(C=C1)CCCCC2. The van der Waals surface area contributed by atoms with E-state index in [1.807, 2.05) is 36.5 Å². The molecule has 0 N–H and O–H groups in total. The maximum atomic E-state index is 11.9. The van der Waals surface area contributed by atoms with Crippen molar-refractivity contribution in [1.29, 1.82) is 0 Å². The highest BCUT2D eigenvalue weighted by Gasteiger charge is 2.37. The zero-order valence-electron chi connectivity index (χ0n) is 13.7. The molecular weight excluding hydrogens is 290 g/mol. The standard InChI is InChI=1S/C19H23NO3/c1-22-17-8-6-16(7-9-17)20-14-15(18(21)23-2)10-13-19(20)11-4-3-5-12-19/h6-10,13-14H,3-5,11-12H2,1-2H3. The summed E-state index contributed by atoms with van der Waals surface area (Å²) in [5.41, 5.74) is 1.61. The number of ether oxygens (including phenoxy) is 2. The molecular formula is C19H23NO3. The summed E-state index contributed by atoms with van der Waals surface area (Å²) in [4.78, 5) is 14.2. The number of anilines is 1. The first kappa shape index (κ1) is 15.7. The van der Waals surface area contributed by atoms with E-state index < -0.39 is 0 Å². The molecule has 0 amide bonds. The summed E-state index contributed by atoms with van der Waals surface area (Å²) in [6.45, 7) is 0. The Hall–Kier alpha value is -2.23. The first-order valence-corrected chi connectivity index (χ1v) is 8.11. The summed E-state index contributed by atoms with van der Waals surface area (Å²) in [5, 5.41) is 0. The maximum Gasteiger partial charge on any atom is 0.339 e. The van der Waals surface area contributed by atoms with Crippen LogP contribution in [0.5, 0.6) is 5.75 Å². The van der Waals surface area contributed by atoms with Crippen molar-refractivity contribution in [1.82, 2.24) is 0 Å². The van der Waals surface area contributed by atoms with Crippen LogP contribution in [0.25, 0.3) is 0 Å². The third-order valence-corrected chi connectivity index (χ3v) is 4.81. The van der Waals surface area contributed by atoms with Gasteiger partial charge in [0.2, 0.25) is 0 Å². The summed E-state index contributed by atoms with van der Waals surface area (Å²) < 4.78 is 10.1. The van der Waals surface area contributed by atoms with Gasteiger partial charge in [0.1, 0.15) is 5.75 Å². The van der Waals surface area contributed by atoms with Crippen molar-refractivity contribution < 1.29 is 14.3 Å². The van der Waals surface area contributed by atoms with E-state index >= 15 is 0 Å². The average molecular weight is 313 g/mol. The fourth-order valence-corrected chi connectivity index (χ4v) is 3.52. The lowest BCUT2D eigenvalue weighted by Gasteiger charge is -2.46. The minimum atomic E-state index is -0.301. The van der Waals surface area contributed by atoms with Crippen LogP contribution in [0.1, 0.15) is 32.1 Å². The monoisotopic (exact) mass is 313 g/mol. The molecule has 3 rings (SSSR count). The zero-order valence-corrected chi connectivity index (χ0v) is 13.7. The van der Waals surface area contributed by atoms with E-state index in [0.29, 0.717) is 5.57 Å². The van der Waals surface area contributed by atoms with Crippen LogP contribution in [0, 0.1) is 0 Å². The Labute approximate surface area is 137 Å². The summed E-state index contributed by atoms with van der Waals surface area (Å²) >= 11 is 0. The molecule has 1 aromatic carbocycles. The molecule has 0 saturated heterocycles. The third kappa shape index (κ3) is 2.98. The van der Waals surface area contributed by atoms with Crippen LogP contribution in [0.2, 0.25) is 0 Å². The van der Waals surface area contributed by atoms with Gasteiger partial charge in [-0.05, 0) is 43.2 Å². The Balaban J connectivity index is 1.99. The highest BCUT2D eigenvalue weighted by molar-refractivity contribution is 5.92. The number of carbonyl (C=O) groups is 1. The van der Waals surface area contributed by atoms with Crippen LogP contribution >= 0.6 is 0 Å². The molecule has 1 aromatic rings. The van der Waals surface area contributed by atoms with Gasteiger partial charge in [-0.1, -0.05) is 25.3 Å². The van der Waals surface area contributed by atoms with Gasteiger partial charge in [-0.2, -0.15) is 0 Å². The molecule has 23 heavy (non-hydrogen) atoms. The van der Waals surface area contributed by atoms with E-state index in [1.54, 1.807) is 7.11 Å². The van der Waals surface area contributed by atoms with Crippen molar-refractivity contribution >= 4 is 11.7 Å². The van der Waals surface area contributed by atoms with Crippen molar-refractivity contribution in [2.75, 3.05) is 19.1 Å². The van der Waals surface area contributed by atoms with Crippen molar-refractivity contribution in [3.05, 3.63) is 48.2 Å². The van der Waals surface area contributed by atoms with Gasteiger partial charge in [0.25, 0.3) is 0 Å². The van der Waals surface area contributed by atoms with Gasteiger partial charge in [0, 0.05) is 11.9 Å². The number of methoxy groups -OCH3 is 2. The average Bonchev–Trinajstić information content (AvgIpc) is 2.62. The molecule has 4 heteroatoms. The number of carbonyl (C=O) groups excluding carboxylic acids is 1. The molecule has 0 unspecified atom stereocenters. The first-order valence-electron chi connectivity index (χ1n) is 8.11. The third-order valence-electron chi connectivity index (χ3n) is 4.81. The predicted octanol–water partition coefficient (Wildman–Crippen LogP) is 3.83. The molecule has 1 aliphatic carbocycles. The largest absolute Gasteiger partial charge is 0.497 e. The molecule has 122 valence electrons. The van der Waals surface area contributed by atoms with E-state index in [4.69, 9.17) is 9.47 Å². The lowest BCUT2D eigenvalue weighted by molar-refractivity contribution is -0.135. The lowest BCUT2D eigenvalue weighted by Crippen LogP contribution is -2.47. The van der Waals surface area contributed by atoms with Crippen LogP contribution in [0.3, 0.4) is 0 Å². The van der Waals surface area contributed by atoms with Gasteiger partial charge in [0.15, 0.2) is 0 Å². The molecule has 0 bridgehead atoms. The molecule has 0 atom stereocenters. The van der Waals surface area contributed by atoms with Crippen LogP contribution in [-0.2, 0) is 9.53 Å². The van der Waals surface area contributed by atoms with Gasteiger partial charge >= 0.3 is 5.97 Å². The lowest BCUT2D eigenvalue weighted by atomic mass is 9.78. The van der Waals surface area contributed by atoms with Crippen LogP contribution < -0.4 is 9.64 Å². The smallest absolute Gasteiger partial charge is 0.339 e. The molecule has 1 fully saturated rings. The molecule has 4 nitrogen and oxygen atoms in total. The fourth-order valence-electron chi connectivity index (χ4n) is 3.52. The zero-order chi connectivity index (χ0) is 16.3. The van der Waals surface area contributed by atoms with Crippen LogP contribution in [0.4, 0.5) is 5.69 Å². The number of benzene rings is 1. The number of nitrogens with zero attached hydrogens (tertiary/aromatic N) is 1. The summed E-state index contributed by atoms with van der Waals surface area (Å²) in [5.74, 6) is 0.529. The van der Waals surface area contributed by atoms with Gasteiger partial charge < -0.3 is 14.4 Å². The molecule has 1 aliphatic heterocycles. The molecule has 0 radical (unpaired) electrons. The normalized spacial score (nSPS) is 19.4. The van der Waals surface area contributed by atoms with E-state index in [2.05, 4.69) is 11.0 Å². The van der Waals surface area contributed by atoms with Gasteiger partial charge in [0.05, 0.1) is 25.3 Å². The van der Waals surface area contributed by atoms with Crippen LogP contribution in [0.15, 0.2) is 48.2 Å². The van der Waals surface area contributed by atoms with Crippen molar-refractivity contribution in [2.24, 2.45) is 0 Å². The van der Waals surface area contributed by atoms with Gasteiger partial charge in [-0.15, -0.1) is 0 Å². The summed E-state index contributed by atoms with van der Waals surface area (Å²) in [7, 11) is 3.08. The second-order valence-corrected chi connectivity index (χ2v) is 6.14. The van der Waals surface area contributed by atoms with Crippen molar-refractivity contribution in [3.63, 3.8) is 0 Å². The van der Waals surface area contributed by atoms with E-state index in [0.717, 1.165) is 24.3 Å². The first-order chi connectivity index (χ1) is 11.2. The fraction of sp³-hybridized carbons (Fsp3) is 0.421. The molecule has 1 heterocycles. The molecule has 0 aromatic heterocycles. The second kappa shape index (κ2) is 6.49. The maximum absolute atomic E-state index is 11.9. The van der Waals surface area contributed by atoms with E-state index in [-0.39, 0.29) is 11.5 Å². The molecule has 2 aliphatic rings. The number of hydrogen-bond acceptors (Lipinski definition) is 4.